The molecule has 0 spiro atoms. The van der Waals surface area contributed by atoms with Gasteiger partial charge in [-0.15, -0.1) is 22.9 Å². The van der Waals surface area contributed by atoms with Crippen molar-refractivity contribution in [3.8, 4) is 0 Å². The van der Waals surface area contributed by atoms with Gasteiger partial charge in [-0.05, 0) is 47.3 Å². The Balaban J connectivity index is 3.08. The normalized spacial score (nSPS) is 12.9. The first-order chi connectivity index (χ1) is 8.30. The van der Waals surface area contributed by atoms with E-state index in [2.05, 4.69) is 20.7 Å². The van der Waals surface area contributed by atoms with Gasteiger partial charge in [0.15, 0.2) is 0 Å². The van der Waals surface area contributed by atoms with Crippen LogP contribution in [-0.4, -0.2) is 19.8 Å². The summed E-state index contributed by atoms with van der Waals surface area (Å²) in [5.74, 6) is 0.269. The SMILES string of the molecule is CCC(CC)(CCl)NS(=O)(=O)c1cc(C)c(Br)s1. The Labute approximate surface area is 126 Å². The minimum Gasteiger partial charge on any atom is -0.206 e. The van der Waals surface area contributed by atoms with Crippen molar-refractivity contribution in [3.05, 3.63) is 15.4 Å². The third-order valence-electron chi connectivity index (χ3n) is 3.06. The molecule has 1 aromatic heterocycles. The molecule has 7 heteroatoms. The molecule has 3 nitrogen and oxygen atoms in total. The van der Waals surface area contributed by atoms with E-state index >= 15 is 0 Å². The molecule has 0 bridgehead atoms. The van der Waals surface area contributed by atoms with Crippen LogP contribution in [0, 0.1) is 6.92 Å². The zero-order valence-electron chi connectivity index (χ0n) is 10.6. The highest BCUT2D eigenvalue weighted by atomic mass is 79.9. The fraction of sp³-hybridized carbons (Fsp3) is 0.636. The minimum absolute atomic E-state index is 0.269. The maximum atomic E-state index is 12.3. The highest BCUT2D eigenvalue weighted by Crippen LogP contribution is 2.31. The second kappa shape index (κ2) is 6.22. The highest BCUT2D eigenvalue weighted by molar-refractivity contribution is 9.11. The van der Waals surface area contributed by atoms with E-state index in [1.165, 1.54) is 11.3 Å². The Morgan fingerprint density at radius 1 is 1.44 bits per heavy atom. The van der Waals surface area contributed by atoms with Crippen molar-refractivity contribution in [2.45, 2.75) is 43.4 Å². The molecule has 0 unspecified atom stereocenters. The fourth-order valence-electron chi connectivity index (χ4n) is 1.51. The van der Waals surface area contributed by atoms with E-state index in [0.29, 0.717) is 17.1 Å². The molecule has 0 fully saturated rings. The number of sulfonamides is 1. The third-order valence-corrected chi connectivity index (χ3v) is 7.76. The monoisotopic (exact) mass is 373 g/mol. The first-order valence-electron chi connectivity index (χ1n) is 5.66. The molecule has 0 aliphatic rings. The summed E-state index contributed by atoms with van der Waals surface area (Å²) in [4.78, 5) is 0. The van der Waals surface area contributed by atoms with E-state index in [9.17, 15) is 8.42 Å². The number of hydrogen-bond acceptors (Lipinski definition) is 3. The van der Waals surface area contributed by atoms with Gasteiger partial charge in [-0.25, -0.2) is 13.1 Å². The molecule has 104 valence electrons. The quantitative estimate of drug-likeness (QED) is 0.768. The number of halogens is 2. The number of nitrogens with one attached hydrogen (secondary N) is 1. The van der Waals surface area contributed by atoms with Gasteiger partial charge in [-0.3, -0.25) is 0 Å². The number of alkyl halides is 1. The molecule has 18 heavy (non-hydrogen) atoms. The summed E-state index contributed by atoms with van der Waals surface area (Å²) >= 11 is 10.5. The van der Waals surface area contributed by atoms with Crippen molar-refractivity contribution in [1.82, 2.24) is 4.72 Å². The first kappa shape index (κ1) is 16.4. The van der Waals surface area contributed by atoms with Crippen LogP contribution < -0.4 is 4.72 Å². The molecular formula is C11H17BrClNO2S2. The van der Waals surface area contributed by atoms with Crippen molar-refractivity contribution < 1.29 is 8.42 Å². The van der Waals surface area contributed by atoms with Crippen LogP contribution in [0.5, 0.6) is 0 Å². The molecule has 1 aromatic rings. The van der Waals surface area contributed by atoms with Gasteiger partial charge in [0.2, 0.25) is 0 Å². The number of thiophene rings is 1. The predicted octanol–water partition coefficient (Wildman–Crippen LogP) is 3.89. The van der Waals surface area contributed by atoms with Crippen molar-refractivity contribution >= 4 is 48.9 Å². The Hall–Kier alpha value is 0.380. The van der Waals surface area contributed by atoms with Gasteiger partial charge in [0.25, 0.3) is 10.0 Å². The molecule has 1 N–H and O–H groups in total. The van der Waals surface area contributed by atoms with E-state index < -0.39 is 15.6 Å². The summed E-state index contributed by atoms with van der Waals surface area (Å²) in [6.45, 7) is 5.74. The Kier molecular flexibility index (Phi) is 5.68. The molecule has 1 heterocycles. The number of rotatable bonds is 6. The Morgan fingerprint density at radius 3 is 2.33 bits per heavy atom. The molecule has 0 aliphatic heterocycles. The second-order valence-electron chi connectivity index (χ2n) is 4.25. The van der Waals surface area contributed by atoms with Gasteiger partial charge in [0, 0.05) is 11.4 Å². The average molecular weight is 375 g/mol. The molecule has 0 amide bonds. The van der Waals surface area contributed by atoms with E-state index in [0.717, 1.165) is 9.35 Å². The maximum Gasteiger partial charge on any atom is 0.250 e. The fourth-order valence-corrected chi connectivity index (χ4v) is 5.80. The van der Waals surface area contributed by atoms with Gasteiger partial charge in [0.05, 0.1) is 3.79 Å². The lowest BCUT2D eigenvalue weighted by Gasteiger charge is -2.29. The van der Waals surface area contributed by atoms with E-state index in [1.807, 2.05) is 20.8 Å². The van der Waals surface area contributed by atoms with Crippen molar-refractivity contribution in [2.24, 2.45) is 0 Å². The van der Waals surface area contributed by atoms with Gasteiger partial charge < -0.3 is 0 Å². The Morgan fingerprint density at radius 2 is 2.00 bits per heavy atom. The van der Waals surface area contributed by atoms with Crippen molar-refractivity contribution in [2.75, 3.05) is 5.88 Å². The van der Waals surface area contributed by atoms with Gasteiger partial charge in [0.1, 0.15) is 4.21 Å². The molecule has 0 aromatic carbocycles. The lowest BCUT2D eigenvalue weighted by molar-refractivity contribution is 0.394. The van der Waals surface area contributed by atoms with E-state index in [1.54, 1.807) is 6.07 Å². The van der Waals surface area contributed by atoms with Crippen LogP contribution in [0.15, 0.2) is 14.1 Å². The van der Waals surface area contributed by atoms with Crippen LogP contribution in [0.3, 0.4) is 0 Å². The number of hydrogen-bond donors (Lipinski definition) is 1. The van der Waals surface area contributed by atoms with Crippen LogP contribution in [0.1, 0.15) is 32.3 Å². The molecule has 1 rings (SSSR count). The molecular weight excluding hydrogens is 358 g/mol. The molecule has 0 radical (unpaired) electrons. The van der Waals surface area contributed by atoms with Crippen LogP contribution in [0.4, 0.5) is 0 Å². The standard InChI is InChI=1S/C11H17BrClNO2S2/c1-4-11(5-2,7-13)14-18(15,16)9-6-8(3)10(12)17-9/h6,14H,4-5,7H2,1-3H3. The van der Waals surface area contributed by atoms with Crippen molar-refractivity contribution in [1.29, 1.82) is 0 Å². The van der Waals surface area contributed by atoms with Crippen LogP contribution in [-0.2, 0) is 10.0 Å². The van der Waals surface area contributed by atoms with Gasteiger partial charge in [-0.2, -0.15) is 0 Å². The minimum atomic E-state index is -3.50. The third kappa shape index (κ3) is 3.48. The molecule has 0 aliphatic carbocycles. The van der Waals surface area contributed by atoms with Crippen LogP contribution in [0.25, 0.3) is 0 Å². The molecule has 0 saturated carbocycles. The van der Waals surface area contributed by atoms with Gasteiger partial charge in [-0.1, -0.05) is 13.8 Å². The van der Waals surface area contributed by atoms with Crippen LogP contribution in [0.2, 0.25) is 0 Å². The summed E-state index contributed by atoms with van der Waals surface area (Å²) in [6, 6.07) is 1.67. The largest absolute Gasteiger partial charge is 0.250 e. The van der Waals surface area contributed by atoms with Crippen LogP contribution >= 0.6 is 38.9 Å². The smallest absolute Gasteiger partial charge is 0.206 e. The number of aryl methyl sites for hydroxylation is 1. The van der Waals surface area contributed by atoms with E-state index in [-0.39, 0.29) is 5.88 Å². The summed E-state index contributed by atoms with van der Waals surface area (Å²) in [6.07, 6.45) is 1.33. The average Bonchev–Trinajstić information content (AvgIpc) is 2.68. The van der Waals surface area contributed by atoms with E-state index in [4.69, 9.17) is 11.6 Å². The maximum absolute atomic E-state index is 12.3. The van der Waals surface area contributed by atoms with Gasteiger partial charge >= 0.3 is 0 Å². The zero-order valence-corrected chi connectivity index (χ0v) is 14.6. The predicted molar refractivity (Wildman–Crippen MR) is 81.1 cm³/mol. The molecule has 0 saturated heterocycles. The Bertz CT molecular complexity index is 481. The summed E-state index contributed by atoms with van der Waals surface area (Å²) in [5.41, 5.74) is 0.356. The summed E-state index contributed by atoms with van der Waals surface area (Å²) in [7, 11) is -3.50. The zero-order chi connectivity index (χ0) is 14.0. The highest BCUT2D eigenvalue weighted by Gasteiger charge is 2.32. The second-order valence-corrected chi connectivity index (χ2v) is 8.80. The molecule has 0 atom stereocenters. The lowest BCUT2D eigenvalue weighted by atomic mass is 9.97. The lowest BCUT2D eigenvalue weighted by Crippen LogP contribution is -2.48. The first-order valence-corrected chi connectivity index (χ1v) is 9.29. The topological polar surface area (TPSA) is 46.2 Å². The summed E-state index contributed by atoms with van der Waals surface area (Å²) < 4.78 is 28.5. The van der Waals surface area contributed by atoms with Crippen molar-refractivity contribution in [3.63, 3.8) is 0 Å². The summed E-state index contributed by atoms with van der Waals surface area (Å²) in [5, 5.41) is 0.